The second kappa shape index (κ2) is 8.35. The van der Waals surface area contributed by atoms with Crippen LogP contribution in [0.4, 0.5) is 0 Å². The van der Waals surface area contributed by atoms with Crippen molar-refractivity contribution in [1.29, 1.82) is 5.26 Å². The van der Waals surface area contributed by atoms with Gasteiger partial charge in [-0.1, -0.05) is 66.7 Å². The zero-order valence-electron chi connectivity index (χ0n) is 18.8. The summed E-state index contributed by atoms with van der Waals surface area (Å²) in [6, 6.07) is 29.9. The number of carbonyl (C=O) groups excluding carboxylic acids is 1. The second-order valence-electron chi connectivity index (χ2n) is 8.33. The van der Waals surface area contributed by atoms with Crippen LogP contribution in [-0.4, -0.2) is 10.8 Å². The molecule has 35 heavy (non-hydrogen) atoms. The fraction of sp³-hybridized carbons (Fsp3) is 0.0333. The number of oxazole rings is 1. The maximum absolute atomic E-state index is 13.1. The largest absolute Gasteiger partial charge is 0.435 e. The van der Waals surface area contributed by atoms with E-state index in [9.17, 15) is 10.1 Å². The van der Waals surface area contributed by atoms with E-state index in [4.69, 9.17) is 4.42 Å². The van der Waals surface area contributed by atoms with Crippen LogP contribution >= 0.6 is 11.3 Å². The van der Waals surface area contributed by atoms with Gasteiger partial charge >= 0.3 is 0 Å². The molecular formula is C30H18N2O2S. The summed E-state index contributed by atoms with van der Waals surface area (Å²) in [4.78, 5) is 19.4. The lowest BCUT2D eigenvalue weighted by atomic mass is 10.00. The Balaban J connectivity index is 1.34. The lowest BCUT2D eigenvalue weighted by molar-refractivity contribution is 0.104. The Labute approximate surface area is 206 Å². The Morgan fingerprint density at radius 3 is 2.29 bits per heavy atom. The number of nitriles is 1. The van der Waals surface area contributed by atoms with Gasteiger partial charge in [0.05, 0.1) is 6.07 Å². The minimum atomic E-state index is -0.0672. The third kappa shape index (κ3) is 3.61. The summed E-state index contributed by atoms with van der Waals surface area (Å²) in [5.41, 5.74) is 7.07. The molecule has 0 amide bonds. The highest BCUT2D eigenvalue weighted by molar-refractivity contribution is 7.19. The van der Waals surface area contributed by atoms with E-state index in [-0.39, 0.29) is 5.78 Å². The summed E-state index contributed by atoms with van der Waals surface area (Å²) >= 11 is 1.46. The van der Waals surface area contributed by atoms with Crippen LogP contribution in [0.15, 0.2) is 100 Å². The number of Topliss-reactive ketones (excluding diaryl/α,β-unsaturated/α-hetero) is 1. The summed E-state index contributed by atoms with van der Waals surface area (Å²) in [5, 5.41) is 9.52. The van der Waals surface area contributed by atoms with Crippen LogP contribution < -0.4 is 0 Å². The Morgan fingerprint density at radius 1 is 0.914 bits per heavy atom. The number of nitrogens with zero attached hydrogens (tertiary/aromatic N) is 2. The molecule has 0 saturated carbocycles. The molecule has 0 unspecified atom stereocenters. The number of allylic oxidation sites excluding steroid dienone is 3. The van der Waals surface area contributed by atoms with Gasteiger partial charge in [0.15, 0.2) is 16.2 Å². The van der Waals surface area contributed by atoms with Crippen LogP contribution in [0.25, 0.3) is 44.6 Å². The zero-order chi connectivity index (χ0) is 23.9. The van der Waals surface area contributed by atoms with Gasteiger partial charge in [0, 0.05) is 38.8 Å². The molecule has 1 aliphatic carbocycles. The molecule has 0 saturated heterocycles. The highest BCUT2D eigenvalue weighted by Crippen LogP contribution is 2.41. The van der Waals surface area contributed by atoms with E-state index in [2.05, 4.69) is 35.3 Å². The highest BCUT2D eigenvalue weighted by atomic mass is 32.1. The molecular weight excluding hydrogens is 452 g/mol. The van der Waals surface area contributed by atoms with Crippen molar-refractivity contribution in [3.8, 4) is 28.7 Å². The molecule has 2 heterocycles. The number of thiophene rings is 1. The Kier molecular flexibility index (Phi) is 5.02. The number of ketones is 1. The van der Waals surface area contributed by atoms with Crippen molar-refractivity contribution in [2.75, 3.05) is 0 Å². The minimum absolute atomic E-state index is 0.0672. The molecule has 6 rings (SSSR count). The van der Waals surface area contributed by atoms with Gasteiger partial charge < -0.3 is 4.42 Å². The van der Waals surface area contributed by atoms with Gasteiger partial charge in [-0.2, -0.15) is 10.2 Å². The standard InChI is InChI=1S/C30H18N2O2S/c1-18(17-31)27-23-9-5-6-10-24(23)28(33)25(27)15-22-16-26-30(35-22)32-29(34-26)21-13-11-20(12-14-21)19-7-3-2-4-8-19/h2-16H,1H3/b25-15-,27-18+. The Morgan fingerprint density at radius 2 is 1.57 bits per heavy atom. The molecule has 5 heteroatoms. The zero-order valence-corrected chi connectivity index (χ0v) is 19.6. The highest BCUT2D eigenvalue weighted by Gasteiger charge is 2.31. The summed E-state index contributed by atoms with van der Waals surface area (Å²) in [7, 11) is 0. The molecule has 0 bridgehead atoms. The fourth-order valence-corrected chi connectivity index (χ4v) is 5.32. The number of fused-ring (bicyclic) bond motifs is 2. The van der Waals surface area contributed by atoms with Crippen molar-refractivity contribution in [1.82, 2.24) is 4.98 Å². The quantitative estimate of drug-likeness (QED) is 0.199. The average Bonchev–Trinajstić information content (AvgIpc) is 3.55. The smallest absolute Gasteiger partial charge is 0.228 e. The fourth-order valence-electron chi connectivity index (χ4n) is 4.43. The van der Waals surface area contributed by atoms with Gasteiger partial charge in [-0.05, 0) is 41.8 Å². The van der Waals surface area contributed by atoms with Crippen LogP contribution in [0.5, 0.6) is 0 Å². The van der Waals surface area contributed by atoms with Crippen LogP contribution in [-0.2, 0) is 0 Å². The Hall–Kier alpha value is -4.53. The molecule has 0 fully saturated rings. The number of rotatable bonds is 3. The summed E-state index contributed by atoms with van der Waals surface area (Å²) < 4.78 is 6.05. The first-order valence-corrected chi connectivity index (χ1v) is 12.0. The third-order valence-electron chi connectivity index (χ3n) is 6.13. The number of carbonyl (C=O) groups is 1. The predicted molar refractivity (Wildman–Crippen MR) is 140 cm³/mol. The van der Waals surface area contributed by atoms with Gasteiger partial charge in [-0.25, -0.2) is 0 Å². The molecule has 3 aromatic carbocycles. The molecule has 2 aromatic heterocycles. The molecule has 1 aliphatic rings. The first-order valence-electron chi connectivity index (χ1n) is 11.2. The molecule has 0 N–H and O–H groups in total. The Bertz CT molecular complexity index is 1680. The van der Waals surface area contributed by atoms with Crippen molar-refractivity contribution in [3.05, 3.63) is 112 Å². The van der Waals surface area contributed by atoms with Crippen LogP contribution in [0.3, 0.4) is 0 Å². The average molecular weight is 471 g/mol. The number of benzene rings is 3. The van der Waals surface area contributed by atoms with E-state index in [1.807, 2.05) is 60.7 Å². The summed E-state index contributed by atoms with van der Waals surface area (Å²) in [6.07, 6.45) is 1.84. The predicted octanol–water partition coefficient (Wildman–Crippen LogP) is 7.80. The van der Waals surface area contributed by atoms with Crippen molar-refractivity contribution < 1.29 is 9.21 Å². The van der Waals surface area contributed by atoms with E-state index in [1.165, 1.54) is 11.3 Å². The maximum Gasteiger partial charge on any atom is 0.228 e. The number of aromatic nitrogens is 1. The van der Waals surface area contributed by atoms with E-state index < -0.39 is 0 Å². The monoisotopic (exact) mass is 470 g/mol. The van der Waals surface area contributed by atoms with E-state index in [1.54, 1.807) is 13.0 Å². The molecule has 166 valence electrons. The summed E-state index contributed by atoms with van der Waals surface area (Å²) in [5.74, 6) is 0.498. The van der Waals surface area contributed by atoms with Gasteiger partial charge in [-0.15, -0.1) is 11.3 Å². The lowest BCUT2D eigenvalue weighted by Crippen LogP contribution is -1.95. The lowest BCUT2D eigenvalue weighted by Gasteiger charge is -2.02. The SMILES string of the molecule is C/C(C#N)=C1\C(=C\c2cc3oc(-c4ccc(-c5ccccc5)cc4)nc3s2)C(=O)c2ccccc21. The van der Waals surface area contributed by atoms with Crippen LogP contribution in [0.1, 0.15) is 27.7 Å². The van der Waals surface area contributed by atoms with Crippen molar-refractivity contribution in [2.24, 2.45) is 0 Å². The molecule has 4 nitrogen and oxygen atoms in total. The van der Waals surface area contributed by atoms with E-state index >= 15 is 0 Å². The first kappa shape index (κ1) is 21.0. The molecule has 0 radical (unpaired) electrons. The van der Waals surface area contributed by atoms with Crippen LogP contribution in [0.2, 0.25) is 0 Å². The molecule has 0 aliphatic heterocycles. The van der Waals surface area contributed by atoms with Gasteiger partial charge in [0.25, 0.3) is 0 Å². The van der Waals surface area contributed by atoms with Crippen LogP contribution in [0, 0.1) is 11.3 Å². The first-order chi connectivity index (χ1) is 17.1. The summed E-state index contributed by atoms with van der Waals surface area (Å²) in [6.45, 7) is 1.75. The molecule has 5 aromatic rings. The second-order valence-corrected chi connectivity index (χ2v) is 9.39. The topological polar surface area (TPSA) is 66.9 Å². The van der Waals surface area contributed by atoms with Gasteiger partial charge in [0.1, 0.15) is 0 Å². The molecule has 0 atom stereocenters. The van der Waals surface area contributed by atoms with Gasteiger partial charge in [0.2, 0.25) is 5.89 Å². The molecule has 0 spiro atoms. The van der Waals surface area contributed by atoms with Crippen molar-refractivity contribution in [3.63, 3.8) is 0 Å². The van der Waals surface area contributed by atoms with Gasteiger partial charge in [-0.3, -0.25) is 4.79 Å². The number of hydrogen-bond acceptors (Lipinski definition) is 5. The normalized spacial score (nSPS) is 15.4. The maximum atomic E-state index is 13.1. The van der Waals surface area contributed by atoms with E-state index in [0.717, 1.165) is 32.0 Å². The van der Waals surface area contributed by atoms with E-state index in [0.29, 0.717) is 33.8 Å². The minimum Gasteiger partial charge on any atom is -0.435 e. The number of hydrogen-bond donors (Lipinski definition) is 0. The van der Waals surface area contributed by atoms with Crippen molar-refractivity contribution >= 4 is 39.2 Å². The van der Waals surface area contributed by atoms with Crippen molar-refractivity contribution in [2.45, 2.75) is 6.92 Å². The third-order valence-corrected chi connectivity index (χ3v) is 7.09.